The number of allylic oxidation sites excluding steroid dienone is 1. The van der Waals surface area contributed by atoms with Gasteiger partial charge in [0.2, 0.25) is 0 Å². The molecule has 0 fully saturated rings. The zero-order valence-corrected chi connectivity index (χ0v) is 25.2. The molecule has 1 aromatic heterocycles. The Morgan fingerprint density at radius 2 is 1.27 bits per heavy atom. The Labute approximate surface area is 253 Å². The first-order valence-corrected chi connectivity index (χ1v) is 17.0. The number of para-hydroxylation sites is 1. The minimum atomic E-state index is -3.46. The van der Waals surface area contributed by atoms with E-state index in [0.717, 1.165) is 12.5 Å². The Balaban J connectivity index is 0.000000175. The van der Waals surface area contributed by atoms with E-state index in [1.54, 1.807) is 72.8 Å². The molecule has 0 saturated heterocycles. The summed E-state index contributed by atoms with van der Waals surface area (Å²) in [4.78, 5) is 16.7. The molecule has 0 unspecified atom stereocenters. The Morgan fingerprint density at radius 3 is 1.93 bits per heavy atom. The van der Waals surface area contributed by atoms with E-state index in [2.05, 4.69) is 4.98 Å². The molecule has 0 saturated carbocycles. The number of ketones is 1. The molecule has 0 radical (unpaired) electrons. The lowest BCUT2D eigenvalue weighted by atomic mass is 9.87. The molecule has 1 aliphatic carbocycles. The zero-order valence-electron chi connectivity index (χ0n) is 23.6. The Kier molecular flexibility index (Phi) is 8.19. The van der Waals surface area contributed by atoms with Gasteiger partial charge in [-0.05, 0) is 42.0 Å². The lowest BCUT2D eigenvalue weighted by Gasteiger charge is -2.18. The summed E-state index contributed by atoms with van der Waals surface area (Å²) in [5.41, 5.74) is 8.66. The van der Waals surface area contributed by atoms with Crippen LogP contribution in [0, 0.1) is 11.6 Å². The summed E-state index contributed by atoms with van der Waals surface area (Å²) in [6.07, 6.45) is 3.74. The first kappa shape index (κ1) is 30.7. The number of fused-ring (bicyclic) bond motifs is 2. The van der Waals surface area contributed by atoms with Gasteiger partial charge in [0, 0.05) is 52.1 Å². The number of hydrogen-bond acceptors (Lipinski definition) is 7. The summed E-state index contributed by atoms with van der Waals surface area (Å²) in [6.45, 7) is 0. The number of nitrogens with zero attached hydrogens (tertiary/aromatic N) is 1. The number of Topliss-reactive ketones (excluding diaryl/α,β-unsaturated/α-hetero) is 1. The molecule has 11 heteroatoms. The highest BCUT2D eigenvalue weighted by Crippen LogP contribution is 2.34. The zero-order chi connectivity index (χ0) is 31.8. The molecule has 1 heterocycles. The SMILES string of the molecule is CS(=O)(=O)c1ccccc1-c1cc2cccc(F)c2nc1N.CS(=O)(=O)c1ccccc1C1=Cc2cccc(F)c2CC1=O. The van der Waals surface area contributed by atoms with Crippen LogP contribution in [-0.4, -0.2) is 40.1 Å². The third kappa shape index (κ3) is 6.15. The van der Waals surface area contributed by atoms with Gasteiger partial charge in [0.25, 0.3) is 0 Å². The molecule has 44 heavy (non-hydrogen) atoms. The van der Waals surface area contributed by atoms with E-state index in [0.29, 0.717) is 38.8 Å². The van der Waals surface area contributed by atoms with Crippen LogP contribution < -0.4 is 5.73 Å². The van der Waals surface area contributed by atoms with Crippen molar-refractivity contribution in [3.63, 3.8) is 0 Å². The standard InChI is InChI=1S/C17H13FO3S.C16H13FN2O2S/c1-22(20,21)17-8-3-2-6-12(17)14-9-11-5-4-7-15(18)13(11)10-16(14)19;1-22(20,21)14-8-3-2-6-11(14)12-9-10-5-4-7-13(17)15(10)19-16(12)18/h2-9H,10H2,1H3;2-9H,1H3,(H2,18,19). The van der Waals surface area contributed by atoms with Gasteiger partial charge < -0.3 is 5.73 Å². The van der Waals surface area contributed by atoms with Crippen molar-refractivity contribution in [2.24, 2.45) is 0 Å². The third-order valence-electron chi connectivity index (χ3n) is 7.07. The highest BCUT2D eigenvalue weighted by Gasteiger charge is 2.25. The van der Waals surface area contributed by atoms with E-state index < -0.39 is 31.3 Å². The summed E-state index contributed by atoms with van der Waals surface area (Å²) in [5, 5.41) is 0.563. The number of nitrogen functional groups attached to an aromatic ring is 1. The van der Waals surface area contributed by atoms with Crippen LogP contribution in [0.5, 0.6) is 0 Å². The van der Waals surface area contributed by atoms with Gasteiger partial charge in [-0.3, -0.25) is 4.79 Å². The van der Waals surface area contributed by atoms with Gasteiger partial charge in [0.05, 0.1) is 9.79 Å². The van der Waals surface area contributed by atoms with Gasteiger partial charge in [-0.1, -0.05) is 60.7 Å². The summed E-state index contributed by atoms with van der Waals surface area (Å²) >= 11 is 0. The van der Waals surface area contributed by atoms with Gasteiger partial charge in [0.1, 0.15) is 23.0 Å². The highest BCUT2D eigenvalue weighted by atomic mass is 32.2. The number of carbonyl (C=O) groups is 1. The number of anilines is 1. The monoisotopic (exact) mass is 632 g/mol. The first-order chi connectivity index (χ1) is 20.8. The maximum absolute atomic E-state index is 13.8. The Bertz CT molecular complexity index is 2210. The van der Waals surface area contributed by atoms with Crippen LogP contribution in [0.2, 0.25) is 0 Å². The maximum Gasteiger partial charge on any atom is 0.176 e. The van der Waals surface area contributed by atoms with E-state index in [-0.39, 0.29) is 33.3 Å². The molecule has 0 amide bonds. The molecule has 0 atom stereocenters. The fourth-order valence-corrected chi connectivity index (χ4v) is 6.84. The number of benzene rings is 4. The van der Waals surface area contributed by atoms with E-state index in [1.165, 1.54) is 24.3 Å². The fourth-order valence-electron chi connectivity index (χ4n) is 5.03. The number of hydrogen-bond donors (Lipinski definition) is 1. The molecule has 1 aliphatic rings. The smallest absolute Gasteiger partial charge is 0.176 e. The number of nitrogens with two attached hydrogens (primary N) is 1. The molecule has 2 N–H and O–H groups in total. The van der Waals surface area contributed by atoms with E-state index >= 15 is 0 Å². The van der Waals surface area contributed by atoms with Gasteiger partial charge in [-0.2, -0.15) is 0 Å². The summed E-state index contributed by atoms with van der Waals surface area (Å²) < 4.78 is 75.2. The van der Waals surface area contributed by atoms with E-state index in [1.807, 2.05) is 0 Å². The molecule has 0 bridgehead atoms. The number of pyridine rings is 1. The minimum absolute atomic E-state index is 0.0636. The van der Waals surface area contributed by atoms with Crippen molar-refractivity contribution in [2.75, 3.05) is 18.2 Å². The molecule has 224 valence electrons. The molecular formula is C33H26F2N2O5S2. The summed E-state index contributed by atoms with van der Waals surface area (Å²) in [7, 11) is -6.88. The second kappa shape index (κ2) is 11.7. The maximum atomic E-state index is 13.8. The van der Waals surface area contributed by atoms with Crippen molar-refractivity contribution >= 4 is 53.8 Å². The van der Waals surface area contributed by atoms with Crippen LogP contribution in [-0.2, 0) is 30.9 Å². The predicted molar refractivity (Wildman–Crippen MR) is 167 cm³/mol. The van der Waals surface area contributed by atoms with Gasteiger partial charge in [0.15, 0.2) is 25.5 Å². The van der Waals surface area contributed by atoms with Crippen LogP contribution in [0.1, 0.15) is 16.7 Å². The van der Waals surface area contributed by atoms with Crippen molar-refractivity contribution in [1.82, 2.24) is 4.98 Å². The van der Waals surface area contributed by atoms with Gasteiger partial charge in [-0.15, -0.1) is 0 Å². The van der Waals surface area contributed by atoms with Gasteiger partial charge in [-0.25, -0.2) is 30.6 Å². The van der Waals surface area contributed by atoms with Crippen LogP contribution in [0.15, 0.2) is 101 Å². The molecular weight excluding hydrogens is 607 g/mol. The normalized spacial score (nSPS) is 13.1. The summed E-state index contributed by atoms with van der Waals surface area (Å²) in [5.74, 6) is -1.08. The molecule has 5 aromatic rings. The molecule has 0 aliphatic heterocycles. The van der Waals surface area contributed by atoms with Crippen molar-refractivity contribution < 1.29 is 30.4 Å². The topological polar surface area (TPSA) is 124 Å². The van der Waals surface area contributed by atoms with Crippen molar-refractivity contribution in [1.29, 1.82) is 0 Å². The van der Waals surface area contributed by atoms with E-state index in [4.69, 9.17) is 5.73 Å². The quantitative estimate of drug-likeness (QED) is 0.261. The van der Waals surface area contributed by atoms with Crippen molar-refractivity contribution in [3.05, 3.63) is 119 Å². The average Bonchev–Trinajstić information content (AvgIpc) is 2.97. The molecule has 6 rings (SSSR count). The number of rotatable bonds is 4. The fraction of sp³-hybridized carbons (Fsp3) is 0.0909. The number of aromatic nitrogens is 1. The second-order valence-electron chi connectivity index (χ2n) is 10.2. The highest BCUT2D eigenvalue weighted by molar-refractivity contribution is 7.91. The second-order valence-corrected chi connectivity index (χ2v) is 14.2. The lowest BCUT2D eigenvalue weighted by molar-refractivity contribution is -0.113. The Morgan fingerprint density at radius 1 is 0.705 bits per heavy atom. The first-order valence-electron chi connectivity index (χ1n) is 13.2. The van der Waals surface area contributed by atoms with Crippen LogP contribution in [0.3, 0.4) is 0 Å². The van der Waals surface area contributed by atoms with Crippen LogP contribution in [0.25, 0.3) is 33.7 Å². The predicted octanol–water partition coefficient (Wildman–Crippen LogP) is 5.92. The molecule has 4 aromatic carbocycles. The summed E-state index contributed by atoms with van der Waals surface area (Å²) in [6, 6.07) is 23.7. The Hall–Kier alpha value is -4.74. The number of halogens is 2. The van der Waals surface area contributed by atoms with E-state index in [9.17, 15) is 30.4 Å². The largest absolute Gasteiger partial charge is 0.383 e. The molecule has 7 nitrogen and oxygen atoms in total. The minimum Gasteiger partial charge on any atom is -0.383 e. The third-order valence-corrected chi connectivity index (χ3v) is 9.38. The number of sulfone groups is 2. The van der Waals surface area contributed by atoms with Crippen molar-refractivity contribution in [3.8, 4) is 11.1 Å². The van der Waals surface area contributed by atoms with Crippen LogP contribution >= 0.6 is 0 Å². The average molecular weight is 633 g/mol. The van der Waals surface area contributed by atoms with Crippen molar-refractivity contribution in [2.45, 2.75) is 16.2 Å². The molecule has 0 spiro atoms. The van der Waals surface area contributed by atoms with Crippen LogP contribution in [0.4, 0.5) is 14.6 Å². The lowest BCUT2D eigenvalue weighted by Crippen LogP contribution is -2.15. The number of carbonyl (C=O) groups excluding carboxylic acids is 1. The van der Waals surface area contributed by atoms with Gasteiger partial charge >= 0.3 is 0 Å².